The Morgan fingerprint density at radius 1 is 1.22 bits per heavy atom. The van der Waals surface area contributed by atoms with Crippen LogP contribution in [0, 0.1) is 0 Å². The third kappa shape index (κ3) is 7.53. The van der Waals surface area contributed by atoms with Gasteiger partial charge in [-0.3, -0.25) is 4.79 Å². The Morgan fingerprint density at radius 2 is 1.83 bits per heavy atom. The number of rotatable bonds is 7. The Hall–Kier alpha value is -0.773. The van der Waals surface area contributed by atoms with E-state index < -0.39 is 8.32 Å². The molecule has 0 fully saturated rings. The van der Waals surface area contributed by atoms with Crippen molar-refractivity contribution >= 4 is 14.3 Å². The summed E-state index contributed by atoms with van der Waals surface area (Å²) >= 11 is 0. The molecule has 0 aliphatic carbocycles. The monoisotopic (exact) mass is 272 g/mol. The summed E-state index contributed by atoms with van der Waals surface area (Å²) in [5.74, 6) is -0.202. The lowest BCUT2D eigenvalue weighted by Crippen LogP contribution is -2.39. The largest absolute Gasteiger partial charge is 0.549 e. The van der Waals surface area contributed by atoms with Crippen LogP contribution >= 0.6 is 0 Å². The first-order valence-corrected chi connectivity index (χ1v) is 9.54. The maximum atomic E-state index is 10.5. The number of allylic oxidation sites excluding steroid dienone is 1. The van der Waals surface area contributed by atoms with Gasteiger partial charge in [0.2, 0.25) is 8.32 Å². The van der Waals surface area contributed by atoms with Crippen LogP contribution in [0.5, 0.6) is 0 Å². The number of esters is 1. The molecule has 0 rings (SSSR count). The summed E-state index contributed by atoms with van der Waals surface area (Å²) in [6.07, 6.45) is 6.81. The van der Waals surface area contributed by atoms with Crippen LogP contribution in [-0.2, 0) is 14.0 Å². The van der Waals surface area contributed by atoms with Gasteiger partial charge in [-0.25, -0.2) is 0 Å². The molecular weight excluding hydrogens is 244 g/mol. The predicted molar refractivity (Wildman–Crippen MR) is 77.9 cm³/mol. The Balaban J connectivity index is 3.70. The van der Waals surface area contributed by atoms with Crippen molar-refractivity contribution in [1.29, 1.82) is 0 Å². The van der Waals surface area contributed by atoms with Crippen LogP contribution in [0.4, 0.5) is 0 Å². The number of carbonyl (C=O) groups is 1. The fourth-order valence-electron chi connectivity index (χ4n) is 1.04. The highest BCUT2D eigenvalue weighted by molar-refractivity contribution is 6.74. The molecule has 0 aromatic heterocycles. The topological polar surface area (TPSA) is 35.5 Å². The lowest BCUT2D eigenvalue weighted by atomic mass is 10.2. The molecule has 0 saturated heterocycles. The van der Waals surface area contributed by atoms with Gasteiger partial charge in [-0.05, 0) is 37.4 Å². The van der Waals surface area contributed by atoms with Gasteiger partial charge >= 0.3 is 5.97 Å². The van der Waals surface area contributed by atoms with Gasteiger partial charge in [0.1, 0.15) is 0 Å². The van der Waals surface area contributed by atoms with Crippen molar-refractivity contribution in [2.24, 2.45) is 0 Å². The molecule has 0 bridgehead atoms. The molecule has 0 aliphatic heterocycles. The van der Waals surface area contributed by atoms with E-state index in [1.54, 1.807) is 0 Å². The molecule has 0 atom stereocenters. The number of hydrogen-bond donors (Lipinski definition) is 0. The zero-order valence-electron chi connectivity index (χ0n) is 12.7. The summed E-state index contributed by atoms with van der Waals surface area (Å²) in [7, 11) is -1.65. The third-order valence-electron chi connectivity index (χ3n) is 3.34. The molecule has 0 radical (unpaired) electrons. The van der Waals surface area contributed by atoms with E-state index >= 15 is 0 Å². The van der Waals surface area contributed by atoms with E-state index in [1.807, 2.05) is 6.26 Å². The minimum atomic E-state index is -1.65. The predicted octanol–water partition coefficient (Wildman–Crippen LogP) is 4.26. The highest BCUT2D eigenvalue weighted by Crippen LogP contribution is 2.36. The van der Waals surface area contributed by atoms with Gasteiger partial charge in [0.05, 0.1) is 12.9 Å². The van der Waals surface area contributed by atoms with Gasteiger partial charge in [0, 0.05) is 6.92 Å². The van der Waals surface area contributed by atoms with Crippen LogP contribution in [0.1, 0.15) is 47.0 Å². The summed E-state index contributed by atoms with van der Waals surface area (Å²) in [5.41, 5.74) is 0. The van der Waals surface area contributed by atoms with E-state index in [-0.39, 0.29) is 11.0 Å². The molecule has 0 unspecified atom stereocenters. The van der Waals surface area contributed by atoms with Crippen molar-refractivity contribution in [2.75, 3.05) is 6.61 Å². The Kier molecular flexibility index (Phi) is 7.29. The van der Waals surface area contributed by atoms with Crippen LogP contribution in [0.15, 0.2) is 12.3 Å². The van der Waals surface area contributed by atoms with Crippen LogP contribution in [0.2, 0.25) is 18.1 Å². The summed E-state index contributed by atoms with van der Waals surface area (Å²) in [6.45, 7) is 13.1. The maximum absolute atomic E-state index is 10.5. The van der Waals surface area contributed by atoms with Crippen molar-refractivity contribution < 1.29 is 14.0 Å². The number of unbranched alkanes of at least 4 members (excludes halogenated alkanes) is 2. The number of carbonyl (C=O) groups excluding carboxylic acids is 1. The Morgan fingerprint density at radius 3 is 2.33 bits per heavy atom. The van der Waals surface area contributed by atoms with Crippen molar-refractivity contribution in [3.8, 4) is 0 Å². The average Bonchev–Trinajstić information content (AvgIpc) is 2.19. The van der Waals surface area contributed by atoms with Crippen LogP contribution < -0.4 is 0 Å². The summed E-state index contributed by atoms with van der Waals surface area (Å²) in [6, 6.07) is 0. The third-order valence-corrected chi connectivity index (χ3v) is 7.67. The van der Waals surface area contributed by atoms with Crippen molar-refractivity contribution in [1.82, 2.24) is 0 Å². The van der Waals surface area contributed by atoms with Crippen molar-refractivity contribution in [2.45, 2.75) is 65.1 Å². The Labute approximate surface area is 113 Å². The maximum Gasteiger partial charge on any atom is 0.302 e. The highest BCUT2D eigenvalue weighted by atomic mass is 28.4. The molecule has 0 aromatic rings. The zero-order chi connectivity index (χ0) is 14.2. The zero-order valence-corrected chi connectivity index (χ0v) is 13.7. The second-order valence-electron chi connectivity index (χ2n) is 6.09. The number of hydrogen-bond acceptors (Lipinski definition) is 3. The molecule has 4 heteroatoms. The standard InChI is InChI=1S/C14H28O3Si/c1-13(15)16-11-9-7-8-10-12-17-18(5,6)14(2,3)4/h10,12H,7-9,11H2,1-6H3/b12-10+. The van der Waals surface area contributed by atoms with E-state index in [9.17, 15) is 4.79 Å². The first-order valence-electron chi connectivity index (χ1n) is 6.63. The SMILES string of the molecule is CC(=O)OCCCC/C=C/O[Si](C)(C)C(C)(C)C. The molecule has 0 heterocycles. The number of ether oxygens (including phenoxy) is 1. The lowest BCUT2D eigenvalue weighted by molar-refractivity contribution is -0.141. The first kappa shape index (κ1) is 17.2. The van der Waals surface area contributed by atoms with E-state index in [2.05, 4.69) is 39.9 Å². The quantitative estimate of drug-likeness (QED) is 0.301. The van der Waals surface area contributed by atoms with Crippen LogP contribution in [-0.4, -0.2) is 20.9 Å². The normalized spacial score (nSPS) is 12.8. The molecule has 0 N–H and O–H groups in total. The average molecular weight is 272 g/mol. The van der Waals surface area contributed by atoms with Crippen molar-refractivity contribution in [3.63, 3.8) is 0 Å². The summed E-state index contributed by atoms with van der Waals surface area (Å²) in [5, 5.41) is 0.243. The van der Waals surface area contributed by atoms with Gasteiger partial charge in [-0.2, -0.15) is 0 Å². The van der Waals surface area contributed by atoms with Crippen molar-refractivity contribution in [3.05, 3.63) is 12.3 Å². The van der Waals surface area contributed by atoms with Gasteiger partial charge in [0.15, 0.2) is 0 Å². The molecule has 106 valence electrons. The van der Waals surface area contributed by atoms with E-state index in [0.717, 1.165) is 19.3 Å². The van der Waals surface area contributed by atoms with Crippen LogP contribution in [0.25, 0.3) is 0 Å². The van der Waals surface area contributed by atoms with Gasteiger partial charge in [-0.15, -0.1) is 0 Å². The molecule has 18 heavy (non-hydrogen) atoms. The smallest absolute Gasteiger partial charge is 0.302 e. The highest BCUT2D eigenvalue weighted by Gasteiger charge is 2.37. The second kappa shape index (κ2) is 7.62. The van der Waals surface area contributed by atoms with Gasteiger partial charge in [-0.1, -0.05) is 26.8 Å². The molecule has 0 spiro atoms. The van der Waals surface area contributed by atoms with E-state index in [1.165, 1.54) is 6.92 Å². The fraction of sp³-hybridized carbons (Fsp3) is 0.786. The summed E-state index contributed by atoms with van der Waals surface area (Å²) in [4.78, 5) is 10.5. The molecular formula is C14H28O3Si. The molecule has 0 amide bonds. The minimum Gasteiger partial charge on any atom is -0.549 e. The second-order valence-corrected chi connectivity index (χ2v) is 10.8. The lowest BCUT2D eigenvalue weighted by Gasteiger charge is -2.34. The minimum absolute atomic E-state index is 0.202. The van der Waals surface area contributed by atoms with E-state index in [4.69, 9.17) is 9.16 Å². The van der Waals surface area contributed by atoms with Gasteiger partial charge < -0.3 is 9.16 Å². The summed E-state index contributed by atoms with van der Waals surface area (Å²) < 4.78 is 10.8. The molecule has 0 saturated carbocycles. The molecule has 0 aliphatic rings. The molecule has 3 nitrogen and oxygen atoms in total. The first-order chi connectivity index (χ1) is 8.17. The Bertz CT molecular complexity index is 277. The van der Waals surface area contributed by atoms with Gasteiger partial charge in [0.25, 0.3) is 0 Å². The van der Waals surface area contributed by atoms with E-state index in [0.29, 0.717) is 6.61 Å². The molecule has 0 aromatic carbocycles. The fourth-order valence-corrected chi connectivity index (χ4v) is 1.83. The van der Waals surface area contributed by atoms with Crippen LogP contribution in [0.3, 0.4) is 0 Å².